The van der Waals surface area contributed by atoms with Crippen molar-refractivity contribution in [3.05, 3.63) is 59.1 Å². The highest BCUT2D eigenvalue weighted by atomic mass is 35.5. The summed E-state index contributed by atoms with van der Waals surface area (Å²) in [5.74, 6) is -0.141. The average molecular weight is 357 g/mol. The Morgan fingerprint density at radius 3 is 2.08 bits per heavy atom. The number of carbonyl (C=O) groups is 2. The molecule has 2 amide bonds. The Hall–Kier alpha value is -2.33. The van der Waals surface area contributed by atoms with Crippen LogP contribution in [0.2, 0.25) is 5.02 Å². The summed E-state index contributed by atoms with van der Waals surface area (Å²) in [6.07, 6.45) is 5.29. The largest absolute Gasteiger partial charge is 0.324 e. The molecule has 0 unspecified atom stereocenters. The summed E-state index contributed by atoms with van der Waals surface area (Å²) < 4.78 is 0. The molecule has 1 aliphatic rings. The van der Waals surface area contributed by atoms with Gasteiger partial charge in [0.25, 0.3) is 5.91 Å². The van der Waals surface area contributed by atoms with E-state index in [0.717, 1.165) is 25.7 Å². The van der Waals surface area contributed by atoms with Gasteiger partial charge < -0.3 is 10.6 Å². The molecule has 130 valence electrons. The molecule has 0 radical (unpaired) electrons. The first kappa shape index (κ1) is 17.5. The highest BCUT2D eigenvalue weighted by Gasteiger charge is 2.22. The molecular weight excluding hydrogens is 336 g/mol. The Balaban J connectivity index is 1.71. The lowest BCUT2D eigenvalue weighted by molar-refractivity contribution is -0.120. The minimum atomic E-state index is -0.240. The molecule has 0 saturated heterocycles. The quantitative estimate of drug-likeness (QED) is 0.799. The molecule has 0 heterocycles. The zero-order valence-electron chi connectivity index (χ0n) is 13.9. The van der Waals surface area contributed by atoms with E-state index in [9.17, 15) is 9.59 Å². The van der Waals surface area contributed by atoms with Crippen LogP contribution in [0.1, 0.15) is 42.5 Å². The maximum absolute atomic E-state index is 12.5. The van der Waals surface area contributed by atoms with Gasteiger partial charge >= 0.3 is 0 Å². The zero-order valence-corrected chi connectivity index (χ0v) is 14.7. The van der Waals surface area contributed by atoms with Crippen molar-refractivity contribution in [2.45, 2.75) is 32.1 Å². The van der Waals surface area contributed by atoms with Crippen LogP contribution in [-0.2, 0) is 4.79 Å². The van der Waals surface area contributed by atoms with E-state index >= 15 is 0 Å². The summed E-state index contributed by atoms with van der Waals surface area (Å²) in [4.78, 5) is 24.9. The summed E-state index contributed by atoms with van der Waals surface area (Å²) in [5.41, 5.74) is 1.73. The van der Waals surface area contributed by atoms with Gasteiger partial charge in [-0.15, -0.1) is 0 Å². The minimum absolute atomic E-state index is 0.0351. The number of hydrogen-bond acceptors (Lipinski definition) is 2. The number of carbonyl (C=O) groups excluding carboxylic acids is 2. The fraction of sp³-hybridized carbons (Fsp3) is 0.300. The van der Waals surface area contributed by atoms with Crippen LogP contribution in [0.3, 0.4) is 0 Å². The second-order valence-electron chi connectivity index (χ2n) is 6.33. The van der Waals surface area contributed by atoms with Crippen molar-refractivity contribution in [3.63, 3.8) is 0 Å². The van der Waals surface area contributed by atoms with Crippen LogP contribution in [-0.4, -0.2) is 11.8 Å². The molecule has 0 aromatic heterocycles. The molecule has 2 aromatic rings. The van der Waals surface area contributed by atoms with Gasteiger partial charge in [0.2, 0.25) is 5.91 Å². The molecule has 25 heavy (non-hydrogen) atoms. The number of anilines is 2. The summed E-state index contributed by atoms with van der Waals surface area (Å²) in [5, 5.41) is 6.41. The maximum Gasteiger partial charge on any atom is 0.255 e. The number of nitrogens with one attached hydrogen (secondary N) is 2. The lowest BCUT2D eigenvalue weighted by Crippen LogP contribution is -2.25. The van der Waals surface area contributed by atoms with Crippen molar-refractivity contribution in [2.24, 2.45) is 5.92 Å². The molecule has 1 aliphatic carbocycles. The molecule has 1 fully saturated rings. The molecule has 0 bridgehead atoms. The first-order valence-electron chi connectivity index (χ1n) is 8.60. The van der Waals surface area contributed by atoms with E-state index in [0.29, 0.717) is 22.0 Å². The molecule has 3 rings (SSSR count). The Kier molecular flexibility index (Phi) is 5.71. The van der Waals surface area contributed by atoms with Crippen LogP contribution in [0, 0.1) is 5.92 Å². The van der Waals surface area contributed by atoms with Gasteiger partial charge in [-0.25, -0.2) is 0 Å². The predicted octanol–water partition coefficient (Wildman–Crippen LogP) is 5.11. The molecule has 0 atom stereocenters. The van der Waals surface area contributed by atoms with Crippen molar-refractivity contribution in [1.82, 2.24) is 0 Å². The first-order valence-corrected chi connectivity index (χ1v) is 8.98. The van der Waals surface area contributed by atoms with Gasteiger partial charge in [0.15, 0.2) is 0 Å². The third kappa shape index (κ3) is 4.60. The van der Waals surface area contributed by atoms with Crippen molar-refractivity contribution >= 4 is 34.8 Å². The van der Waals surface area contributed by atoms with E-state index in [4.69, 9.17) is 11.6 Å². The van der Waals surface area contributed by atoms with Crippen molar-refractivity contribution < 1.29 is 9.59 Å². The van der Waals surface area contributed by atoms with Gasteiger partial charge in [0.1, 0.15) is 0 Å². The SMILES string of the molecule is O=C(Nc1ccccc1NC(=O)C1CCCCC1)c1ccc(Cl)cc1. The summed E-state index contributed by atoms with van der Waals surface area (Å²) in [6.45, 7) is 0. The molecule has 2 aromatic carbocycles. The smallest absolute Gasteiger partial charge is 0.255 e. The Labute approximate surface area is 152 Å². The first-order chi connectivity index (χ1) is 12.1. The van der Waals surface area contributed by atoms with Crippen LogP contribution in [0.25, 0.3) is 0 Å². The van der Waals surface area contributed by atoms with E-state index in [2.05, 4.69) is 10.6 Å². The van der Waals surface area contributed by atoms with Gasteiger partial charge in [0.05, 0.1) is 11.4 Å². The fourth-order valence-electron chi connectivity index (χ4n) is 3.10. The average Bonchev–Trinajstić information content (AvgIpc) is 2.64. The van der Waals surface area contributed by atoms with Crippen LogP contribution < -0.4 is 10.6 Å². The molecule has 4 nitrogen and oxygen atoms in total. The summed E-state index contributed by atoms with van der Waals surface area (Å²) >= 11 is 5.85. The fourth-order valence-corrected chi connectivity index (χ4v) is 3.22. The second kappa shape index (κ2) is 8.17. The van der Waals surface area contributed by atoms with Crippen LogP contribution in [0.15, 0.2) is 48.5 Å². The topological polar surface area (TPSA) is 58.2 Å². The summed E-state index contributed by atoms with van der Waals surface area (Å²) in [7, 11) is 0. The van der Waals surface area contributed by atoms with Gasteiger partial charge in [-0.3, -0.25) is 9.59 Å². The number of rotatable bonds is 4. The van der Waals surface area contributed by atoms with E-state index in [1.54, 1.807) is 36.4 Å². The van der Waals surface area contributed by atoms with E-state index in [1.165, 1.54) is 6.42 Å². The molecule has 2 N–H and O–H groups in total. The number of hydrogen-bond donors (Lipinski definition) is 2. The Morgan fingerprint density at radius 2 is 1.44 bits per heavy atom. The zero-order chi connectivity index (χ0) is 17.6. The molecule has 0 aliphatic heterocycles. The van der Waals surface area contributed by atoms with Crippen LogP contribution in [0.5, 0.6) is 0 Å². The second-order valence-corrected chi connectivity index (χ2v) is 6.77. The van der Waals surface area contributed by atoms with E-state index < -0.39 is 0 Å². The molecule has 5 heteroatoms. The molecular formula is C20H21ClN2O2. The van der Waals surface area contributed by atoms with Gasteiger partial charge in [0, 0.05) is 16.5 Å². The normalized spacial score (nSPS) is 14.8. The minimum Gasteiger partial charge on any atom is -0.324 e. The van der Waals surface area contributed by atoms with Crippen LogP contribution >= 0.6 is 11.6 Å². The van der Waals surface area contributed by atoms with E-state index in [1.807, 2.05) is 12.1 Å². The highest BCUT2D eigenvalue weighted by molar-refractivity contribution is 6.30. The maximum atomic E-state index is 12.5. The lowest BCUT2D eigenvalue weighted by atomic mass is 9.88. The van der Waals surface area contributed by atoms with E-state index in [-0.39, 0.29) is 17.7 Å². The number of benzene rings is 2. The molecule has 1 saturated carbocycles. The number of amides is 2. The Morgan fingerprint density at radius 1 is 0.840 bits per heavy atom. The highest BCUT2D eigenvalue weighted by Crippen LogP contribution is 2.27. The number of halogens is 1. The predicted molar refractivity (Wildman–Crippen MR) is 101 cm³/mol. The van der Waals surface area contributed by atoms with Crippen LogP contribution in [0.4, 0.5) is 11.4 Å². The molecule has 0 spiro atoms. The third-order valence-electron chi connectivity index (χ3n) is 4.52. The van der Waals surface area contributed by atoms with Crippen molar-refractivity contribution in [1.29, 1.82) is 0 Å². The standard InChI is InChI=1S/C20H21ClN2O2/c21-16-12-10-15(11-13-16)20(25)23-18-9-5-4-8-17(18)22-19(24)14-6-2-1-3-7-14/h4-5,8-14H,1-3,6-7H2,(H,22,24)(H,23,25). The van der Waals surface area contributed by atoms with Crippen molar-refractivity contribution in [2.75, 3.05) is 10.6 Å². The lowest BCUT2D eigenvalue weighted by Gasteiger charge is -2.21. The Bertz CT molecular complexity index is 753. The van der Waals surface area contributed by atoms with Gasteiger partial charge in [-0.1, -0.05) is 43.0 Å². The monoisotopic (exact) mass is 356 g/mol. The number of para-hydroxylation sites is 2. The van der Waals surface area contributed by atoms with Gasteiger partial charge in [-0.2, -0.15) is 0 Å². The van der Waals surface area contributed by atoms with Gasteiger partial charge in [-0.05, 0) is 49.2 Å². The van der Waals surface area contributed by atoms with Crippen molar-refractivity contribution in [3.8, 4) is 0 Å². The summed E-state index contributed by atoms with van der Waals surface area (Å²) in [6, 6.07) is 13.9. The third-order valence-corrected chi connectivity index (χ3v) is 4.77.